The average molecular weight is 355 g/mol. The van der Waals surface area contributed by atoms with E-state index in [1.165, 1.54) is 18.4 Å². The van der Waals surface area contributed by atoms with Crippen molar-refractivity contribution in [3.05, 3.63) is 53.0 Å². The molecule has 0 amide bonds. The first-order valence-electron chi connectivity index (χ1n) is 7.72. The minimum Gasteiger partial charge on any atom is -0.504 e. The molecule has 2 N–H and O–H groups in total. The summed E-state index contributed by atoms with van der Waals surface area (Å²) in [6.45, 7) is 0. The van der Waals surface area contributed by atoms with E-state index in [0.717, 1.165) is 26.4 Å². The molecular weight excluding hydrogens is 338 g/mol. The number of ether oxygens (including phenoxy) is 1. The number of fused-ring (bicyclic) bond motifs is 1. The van der Waals surface area contributed by atoms with E-state index in [-0.39, 0.29) is 12.2 Å². The smallest absolute Gasteiger partial charge is 0.303 e. The Bertz CT molecular complexity index is 913. The second-order valence-electron chi connectivity index (χ2n) is 5.48. The molecule has 25 heavy (non-hydrogen) atoms. The molecule has 0 radical (unpaired) electrons. The Morgan fingerprint density at radius 2 is 2.04 bits per heavy atom. The summed E-state index contributed by atoms with van der Waals surface area (Å²) in [4.78, 5) is 15.6. The van der Waals surface area contributed by atoms with Crippen LogP contribution in [-0.2, 0) is 4.79 Å². The van der Waals surface area contributed by atoms with Crippen LogP contribution >= 0.6 is 11.3 Å². The number of carbonyl (C=O) groups is 1. The molecule has 3 aromatic rings. The van der Waals surface area contributed by atoms with Gasteiger partial charge in [0.2, 0.25) is 0 Å². The van der Waals surface area contributed by atoms with Crippen LogP contribution in [0.4, 0.5) is 0 Å². The number of methoxy groups -OCH3 is 1. The molecule has 5 nitrogen and oxygen atoms in total. The van der Waals surface area contributed by atoms with Gasteiger partial charge in [-0.15, -0.1) is 11.3 Å². The molecule has 3 rings (SSSR count). The number of phenols is 1. The molecule has 0 fully saturated rings. The van der Waals surface area contributed by atoms with Crippen molar-refractivity contribution in [2.24, 2.45) is 0 Å². The molecule has 1 heterocycles. The quantitative estimate of drug-likeness (QED) is 0.684. The number of aliphatic carboxylic acids is 1. The Morgan fingerprint density at radius 3 is 2.72 bits per heavy atom. The van der Waals surface area contributed by atoms with Crippen LogP contribution < -0.4 is 4.74 Å². The number of aromatic nitrogens is 1. The fraction of sp³-hybridized carbons (Fsp3) is 0.158. The van der Waals surface area contributed by atoms with Crippen LogP contribution in [0.15, 0.2) is 42.5 Å². The lowest BCUT2D eigenvalue weighted by atomic mass is 10.1. The number of aromatic hydroxyl groups is 1. The number of hydrogen-bond acceptors (Lipinski definition) is 5. The number of nitrogens with zero attached hydrogens (tertiary/aromatic N) is 1. The monoisotopic (exact) mass is 355 g/mol. The molecule has 2 aromatic carbocycles. The molecule has 0 saturated carbocycles. The number of rotatable bonds is 6. The van der Waals surface area contributed by atoms with Gasteiger partial charge < -0.3 is 14.9 Å². The van der Waals surface area contributed by atoms with E-state index >= 15 is 0 Å². The molecule has 1 aromatic heterocycles. The average Bonchev–Trinajstić information content (AvgIpc) is 3.02. The van der Waals surface area contributed by atoms with Gasteiger partial charge in [-0.1, -0.05) is 18.2 Å². The third-order valence-electron chi connectivity index (χ3n) is 3.72. The predicted molar refractivity (Wildman–Crippen MR) is 99.0 cm³/mol. The summed E-state index contributed by atoms with van der Waals surface area (Å²) in [5.41, 5.74) is 2.48. The normalized spacial score (nSPS) is 11.6. The third kappa shape index (κ3) is 3.97. The predicted octanol–water partition coefficient (Wildman–Crippen LogP) is 4.42. The number of phenolic OH excluding ortho intramolecular Hbond substituents is 1. The highest BCUT2D eigenvalue weighted by Crippen LogP contribution is 2.33. The maximum Gasteiger partial charge on any atom is 0.303 e. The molecule has 6 heteroatoms. The number of carboxylic acids is 1. The molecule has 0 unspecified atom stereocenters. The zero-order chi connectivity index (χ0) is 17.8. The summed E-state index contributed by atoms with van der Waals surface area (Å²) in [5.74, 6) is -0.424. The lowest BCUT2D eigenvalue weighted by Crippen LogP contribution is -1.95. The van der Waals surface area contributed by atoms with Crippen molar-refractivity contribution in [2.75, 3.05) is 7.11 Å². The Morgan fingerprint density at radius 1 is 1.24 bits per heavy atom. The van der Waals surface area contributed by atoms with Gasteiger partial charge in [-0.3, -0.25) is 4.79 Å². The van der Waals surface area contributed by atoms with Crippen LogP contribution in [0.3, 0.4) is 0 Å². The van der Waals surface area contributed by atoms with Crippen molar-refractivity contribution >= 4 is 39.2 Å². The summed E-state index contributed by atoms with van der Waals surface area (Å²) >= 11 is 1.53. The Kier molecular flexibility index (Phi) is 5.00. The fourth-order valence-corrected chi connectivity index (χ4v) is 3.50. The van der Waals surface area contributed by atoms with Crippen LogP contribution in [0.2, 0.25) is 0 Å². The summed E-state index contributed by atoms with van der Waals surface area (Å²) in [7, 11) is 1.49. The fourth-order valence-electron chi connectivity index (χ4n) is 2.49. The second kappa shape index (κ2) is 7.36. The lowest BCUT2D eigenvalue weighted by Gasteiger charge is -2.06. The topological polar surface area (TPSA) is 79.7 Å². The Labute approximate surface area is 148 Å². The molecule has 0 bridgehead atoms. The van der Waals surface area contributed by atoms with E-state index in [4.69, 9.17) is 9.84 Å². The number of hydrogen-bond donors (Lipinski definition) is 2. The van der Waals surface area contributed by atoms with Crippen molar-refractivity contribution in [3.63, 3.8) is 0 Å². The van der Waals surface area contributed by atoms with Crippen molar-refractivity contribution in [3.8, 4) is 11.5 Å². The van der Waals surface area contributed by atoms with Crippen molar-refractivity contribution in [1.29, 1.82) is 0 Å². The van der Waals surface area contributed by atoms with Crippen LogP contribution in [0.5, 0.6) is 11.5 Å². The van der Waals surface area contributed by atoms with E-state index in [0.29, 0.717) is 12.2 Å². The van der Waals surface area contributed by atoms with Gasteiger partial charge in [0.05, 0.1) is 17.3 Å². The lowest BCUT2D eigenvalue weighted by molar-refractivity contribution is -0.136. The molecule has 0 aliphatic carbocycles. The van der Waals surface area contributed by atoms with Gasteiger partial charge in [0.1, 0.15) is 5.01 Å². The second-order valence-corrected chi connectivity index (χ2v) is 6.51. The molecule has 128 valence electrons. The number of allylic oxidation sites excluding steroid dienone is 1. The summed E-state index contributed by atoms with van der Waals surface area (Å²) in [5, 5.41) is 19.8. The van der Waals surface area contributed by atoms with Crippen LogP contribution in [0.1, 0.15) is 23.4 Å². The number of benzene rings is 2. The highest BCUT2D eigenvalue weighted by Gasteiger charge is 2.11. The number of thiazole rings is 1. The third-order valence-corrected chi connectivity index (χ3v) is 4.83. The van der Waals surface area contributed by atoms with E-state index < -0.39 is 5.97 Å². The first-order valence-corrected chi connectivity index (χ1v) is 8.54. The molecule has 0 aliphatic rings. The first kappa shape index (κ1) is 17.0. The van der Waals surface area contributed by atoms with Crippen LogP contribution in [0.25, 0.3) is 21.9 Å². The molecule has 0 atom stereocenters. The van der Waals surface area contributed by atoms with E-state index in [2.05, 4.69) is 4.98 Å². The van der Waals surface area contributed by atoms with Crippen molar-refractivity contribution in [1.82, 2.24) is 4.98 Å². The Balaban J connectivity index is 2.01. The van der Waals surface area contributed by atoms with Gasteiger partial charge in [-0.05, 0) is 47.9 Å². The summed E-state index contributed by atoms with van der Waals surface area (Å²) in [6, 6.07) is 12.9. The maximum atomic E-state index is 11.0. The van der Waals surface area contributed by atoms with E-state index in [1.807, 2.05) is 36.4 Å². The number of carboxylic acid groups (broad SMARTS) is 1. The van der Waals surface area contributed by atoms with Gasteiger partial charge in [0.15, 0.2) is 11.5 Å². The minimum atomic E-state index is -0.857. The first-order chi connectivity index (χ1) is 12.1. The van der Waals surface area contributed by atoms with Gasteiger partial charge in [0, 0.05) is 6.42 Å². The van der Waals surface area contributed by atoms with E-state index in [9.17, 15) is 9.90 Å². The van der Waals surface area contributed by atoms with Crippen LogP contribution in [-0.4, -0.2) is 28.3 Å². The highest BCUT2D eigenvalue weighted by molar-refractivity contribution is 7.19. The van der Waals surface area contributed by atoms with E-state index in [1.54, 1.807) is 12.1 Å². The molecule has 0 spiro atoms. The highest BCUT2D eigenvalue weighted by atomic mass is 32.1. The van der Waals surface area contributed by atoms with Gasteiger partial charge in [-0.25, -0.2) is 4.98 Å². The minimum absolute atomic E-state index is 0.0178. The van der Waals surface area contributed by atoms with Gasteiger partial charge in [0.25, 0.3) is 0 Å². The zero-order valence-corrected chi connectivity index (χ0v) is 14.4. The Hall–Kier alpha value is -2.86. The standard InChI is InChI=1S/C19H17NO4S/c1-24-16-8-6-12(11-15(16)21)10-13(7-9-18(22)23)19-20-14-4-2-3-5-17(14)25-19/h2-6,8,10-11,21H,7,9H2,1H3,(H,22,23). The molecule has 0 saturated heterocycles. The molecular formula is C19H17NO4S. The summed E-state index contributed by atoms with van der Waals surface area (Å²) < 4.78 is 6.10. The van der Waals surface area contributed by atoms with Crippen LogP contribution in [0, 0.1) is 0 Å². The largest absolute Gasteiger partial charge is 0.504 e. The van der Waals surface area contributed by atoms with Crippen molar-refractivity contribution < 1.29 is 19.7 Å². The van der Waals surface area contributed by atoms with Gasteiger partial charge in [-0.2, -0.15) is 0 Å². The van der Waals surface area contributed by atoms with Crippen molar-refractivity contribution in [2.45, 2.75) is 12.8 Å². The number of para-hydroxylation sites is 1. The zero-order valence-electron chi connectivity index (χ0n) is 13.6. The molecule has 0 aliphatic heterocycles. The van der Waals surface area contributed by atoms with Gasteiger partial charge >= 0.3 is 5.97 Å². The summed E-state index contributed by atoms with van der Waals surface area (Å²) in [6.07, 6.45) is 2.24. The maximum absolute atomic E-state index is 11.0. The SMILES string of the molecule is COc1ccc(C=C(CCC(=O)O)c2nc3ccccc3s2)cc1O.